The molecule has 3 aromatic heterocycles. The fourth-order valence-electron chi connectivity index (χ4n) is 4.24. The van der Waals surface area contributed by atoms with Crippen molar-refractivity contribution in [2.45, 2.75) is 25.9 Å². The molecule has 2 fully saturated rings. The minimum Gasteiger partial charge on any atom is -0.377 e. The van der Waals surface area contributed by atoms with Crippen LogP contribution in [0.4, 0.5) is 11.5 Å². The Bertz CT molecular complexity index is 992. The van der Waals surface area contributed by atoms with Crippen molar-refractivity contribution in [3.05, 3.63) is 30.6 Å². The van der Waals surface area contributed by atoms with Gasteiger partial charge in [0.2, 0.25) is 0 Å². The molecule has 0 unspecified atom stereocenters. The van der Waals surface area contributed by atoms with Gasteiger partial charge in [-0.2, -0.15) is 5.10 Å². The molecule has 2 saturated heterocycles. The van der Waals surface area contributed by atoms with E-state index in [1.807, 2.05) is 18.5 Å². The SMILES string of the molecule is C[C@@H]1COCCN1c1cc(N2CCOC[C@H]2C)c2ccnc(-c3cc[nH]n3)c2n1. The zero-order chi connectivity index (χ0) is 19.8. The molecule has 3 aromatic rings. The average molecular weight is 394 g/mol. The molecule has 152 valence electrons. The van der Waals surface area contributed by atoms with Gasteiger partial charge in [-0.05, 0) is 26.0 Å². The van der Waals surface area contributed by atoms with Crippen molar-refractivity contribution in [3.63, 3.8) is 0 Å². The van der Waals surface area contributed by atoms with Gasteiger partial charge in [0, 0.05) is 43.0 Å². The van der Waals surface area contributed by atoms with Gasteiger partial charge in [-0.25, -0.2) is 4.98 Å². The van der Waals surface area contributed by atoms with Gasteiger partial charge in [-0.3, -0.25) is 10.1 Å². The number of nitrogens with one attached hydrogen (secondary N) is 1. The zero-order valence-electron chi connectivity index (χ0n) is 16.8. The molecule has 0 aromatic carbocycles. The number of pyridine rings is 2. The van der Waals surface area contributed by atoms with E-state index in [4.69, 9.17) is 14.5 Å². The van der Waals surface area contributed by atoms with E-state index in [9.17, 15) is 0 Å². The van der Waals surface area contributed by atoms with E-state index in [1.54, 1.807) is 0 Å². The molecule has 2 atom stereocenters. The van der Waals surface area contributed by atoms with Gasteiger partial charge in [0.15, 0.2) is 0 Å². The molecule has 0 spiro atoms. The summed E-state index contributed by atoms with van der Waals surface area (Å²) in [7, 11) is 0. The fraction of sp³-hybridized carbons (Fsp3) is 0.476. The Hall–Kier alpha value is -2.71. The summed E-state index contributed by atoms with van der Waals surface area (Å²) in [4.78, 5) is 14.5. The summed E-state index contributed by atoms with van der Waals surface area (Å²) >= 11 is 0. The van der Waals surface area contributed by atoms with Gasteiger partial charge in [0.05, 0.1) is 38.2 Å². The van der Waals surface area contributed by atoms with Gasteiger partial charge in [0.1, 0.15) is 22.7 Å². The molecule has 1 N–H and O–H groups in total. The van der Waals surface area contributed by atoms with Crippen LogP contribution in [0.2, 0.25) is 0 Å². The zero-order valence-corrected chi connectivity index (χ0v) is 16.8. The van der Waals surface area contributed by atoms with Crippen molar-refractivity contribution in [3.8, 4) is 11.4 Å². The van der Waals surface area contributed by atoms with E-state index in [0.717, 1.165) is 54.4 Å². The summed E-state index contributed by atoms with van der Waals surface area (Å²) in [6, 6.07) is 6.79. The molecule has 0 saturated carbocycles. The van der Waals surface area contributed by atoms with Gasteiger partial charge in [-0.1, -0.05) is 0 Å². The van der Waals surface area contributed by atoms with Crippen LogP contribution in [0.5, 0.6) is 0 Å². The number of aromatic nitrogens is 4. The van der Waals surface area contributed by atoms with Crippen molar-refractivity contribution in [2.24, 2.45) is 0 Å². The highest BCUT2D eigenvalue weighted by Crippen LogP contribution is 2.36. The predicted octanol–water partition coefficient (Wildman–Crippen LogP) is 2.47. The molecule has 0 amide bonds. The van der Waals surface area contributed by atoms with E-state index in [-0.39, 0.29) is 6.04 Å². The molecule has 8 nitrogen and oxygen atoms in total. The molecule has 29 heavy (non-hydrogen) atoms. The number of nitrogens with zero attached hydrogens (tertiary/aromatic N) is 5. The number of ether oxygens (including phenoxy) is 2. The molecule has 0 bridgehead atoms. The number of fused-ring (bicyclic) bond motifs is 1. The highest BCUT2D eigenvalue weighted by molar-refractivity contribution is 6.00. The lowest BCUT2D eigenvalue weighted by atomic mass is 10.1. The largest absolute Gasteiger partial charge is 0.377 e. The van der Waals surface area contributed by atoms with Crippen molar-refractivity contribution in [1.82, 2.24) is 20.2 Å². The minimum atomic E-state index is 0.272. The number of hydrogen-bond acceptors (Lipinski definition) is 7. The van der Waals surface area contributed by atoms with Crippen LogP contribution in [-0.4, -0.2) is 71.8 Å². The second-order valence-corrected chi connectivity index (χ2v) is 7.75. The summed E-state index contributed by atoms with van der Waals surface area (Å²) < 4.78 is 11.3. The number of anilines is 2. The Morgan fingerprint density at radius 2 is 1.79 bits per heavy atom. The smallest absolute Gasteiger partial charge is 0.131 e. The number of morpholine rings is 2. The quantitative estimate of drug-likeness (QED) is 0.731. The first-order valence-electron chi connectivity index (χ1n) is 10.2. The Kier molecular flexibility index (Phi) is 4.81. The molecule has 8 heteroatoms. The van der Waals surface area contributed by atoms with Gasteiger partial charge in [-0.15, -0.1) is 0 Å². The molecule has 5 rings (SSSR count). The lowest BCUT2D eigenvalue weighted by molar-refractivity contribution is 0.0982. The molecule has 2 aliphatic rings. The van der Waals surface area contributed by atoms with E-state index >= 15 is 0 Å². The van der Waals surface area contributed by atoms with Gasteiger partial charge in [0.25, 0.3) is 0 Å². The topological polar surface area (TPSA) is 79.4 Å². The van der Waals surface area contributed by atoms with Crippen molar-refractivity contribution < 1.29 is 9.47 Å². The summed E-state index contributed by atoms with van der Waals surface area (Å²) in [5, 5.41) is 8.34. The highest BCUT2D eigenvalue weighted by Gasteiger charge is 2.26. The molecular weight excluding hydrogens is 368 g/mol. The lowest BCUT2D eigenvalue weighted by Crippen LogP contribution is -2.45. The predicted molar refractivity (Wildman–Crippen MR) is 112 cm³/mol. The van der Waals surface area contributed by atoms with Crippen molar-refractivity contribution in [1.29, 1.82) is 0 Å². The maximum atomic E-state index is 5.68. The molecule has 0 aliphatic carbocycles. The van der Waals surface area contributed by atoms with Crippen LogP contribution in [0.15, 0.2) is 30.6 Å². The van der Waals surface area contributed by atoms with Gasteiger partial charge >= 0.3 is 0 Å². The first-order chi connectivity index (χ1) is 14.2. The van der Waals surface area contributed by atoms with E-state index in [1.165, 1.54) is 5.69 Å². The third kappa shape index (κ3) is 3.32. The Morgan fingerprint density at radius 1 is 1.03 bits per heavy atom. The van der Waals surface area contributed by atoms with Crippen LogP contribution in [0.25, 0.3) is 22.3 Å². The van der Waals surface area contributed by atoms with E-state index in [2.05, 4.69) is 51.0 Å². The summed E-state index contributed by atoms with van der Waals surface area (Å²) in [5.74, 6) is 0.965. The maximum absolute atomic E-state index is 5.68. The van der Waals surface area contributed by atoms with Gasteiger partial charge < -0.3 is 19.3 Å². The number of aromatic amines is 1. The normalized spacial score (nSPS) is 23.0. The molecule has 2 aliphatic heterocycles. The fourth-order valence-corrected chi connectivity index (χ4v) is 4.24. The lowest BCUT2D eigenvalue weighted by Gasteiger charge is -2.38. The van der Waals surface area contributed by atoms with E-state index < -0.39 is 0 Å². The monoisotopic (exact) mass is 394 g/mol. The summed E-state index contributed by atoms with van der Waals surface area (Å²) in [6.07, 6.45) is 3.66. The first-order valence-corrected chi connectivity index (χ1v) is 10.2. The average Bonchev–Trinajstić information content (AvgIpc) is 3.28. The Morgan fingerprint density at radius 3 is 2.48 bits per heavy atom. The second-order valence-electron chi connectivity index (χ2n) is 7.75. The van der Waals surface area contributed by atoms with Crippen LogP contribution in [0.3, 0.4) is 0 Å². The maximum Gasteiger partial charge on any atom is 0.131 e. The highest BCUT2D eigenvalue weighted by atomic mass is 16.5. The second kappa shape index (κ2) is 7.61. The van der Waals surface area contributed by atoms with E-state index in [0.29, 0.717) is 19.3 Å². The third-order valence-corrected chi connectivity index (χ3v) is 5.77. The molecule has 5 heterocycles. The molecule has 0 radical (unpaired) electrons. The van der Waals surface area contributed by atoms with Crippen LogP contribution in [0.1, 0.15) is 13.8 Å². The summed E-state index contributed by atoms with van der Waals surface area (Å²) in [6.45, 7) is 8.96. The number of rotatable bonds is 3. The Labute approximate surface area is 169 Å². The standard InChI is InChI=1S/C21H26N6O2/c1-14-12-28-9-7-26(14)18-11-19(27-8-10-29-13-15(27)2)24-20-16(18)3-5-22-21(20)17-4-6-23-25-17/h3-6,11,14-15H,7-10,12-13H2,1-2H3,(H,23,25)/t14-,15-/m1/s1. The van der Waals surface area contributed by atoms with Crippen LogP contribution in [0, 0.1) is 0 Å². The van der Waals surface area contributed by atoms with Crippen LogP contribution >= 0.6 is 0 Å². The van der Waals surface area contributed by atoms with Crippen LogP contribution in [-0.2, 0) is 9.47 Å². The number of H-pyrrole nitrogens is 1. The minimum absolute atomic E-state index is 0.272. The van der Waals surface area contributed by atoms with Crippen molar-refractivity contribution in [2.75, 3.05) is 49.3 Å². The first kappa shape index (κ1) is 18.3. The summed E-state index contributed by atoms with van der Waals surface area (Å²) in [5.41, 5.74) is 3.66. The molecular formula is C21H26N6O2. The third-order valence-electron chi connectivity index (χ3n) is 5.77. The van der Waals surface area contributed by atoms with Crippen molar-refractivity contribution >= 4 is 22.4 Å². The van der Waals surface area contributed by atoms with Crippen LogP contribution < -0.4 is 9.80 Å². The number of hydrogen-bond donors (Lipinski definition) is 1. The Balaban J connectivity index is 1.72.